The second kappa shape index (κ2) is 10.6. The lowest BCUT2D eigenvalue weighted by Crippen LogP contribution is -2.50. The topological polar surface area (TPSA) is 70.5 Å². The van der Waals surface area contributed by atoms with Gasteiger partial charge in [-0.3, -0.25) is 14.5 Å². The van der Waals surface area contributed by atoms with Crippen LogP contribution in [0.25, 0.3) is 5.69 Å². The van der Waals surface area contributed by atoms with E-state index in [1.807, 2.05) is 61.2 Å². The molecule has 1 fully saturated rings. The summed E-state index contributed by atoms with van der Waals surface area (Å²) in [6.07, 6.45) is 1.66. The van der Waals surface area contributed by atoms with Crippen molar-refractivity contribution in [2.24, 2.45) is 0 Å². The van der Waals surface area contributed by atoms with E-state index in [-0.39, 0.29) is 17.7 Å². The van der Waals surface area contributed by atoms with Crippen molar-refractivity contribution in [1.29, 1.82) is 0 Å². The largest absolute Gasteiger partial charge is 0.336 e. The number of benzene rings is 2. The molecule has 7 nitrogen and oxygen atoms in total. The minimum absolute atomic E-state index is 0.0263. The van der Waals surface area contributed by atoms with Crippen molar-refractivity contribution in [3.05, 3.63) is 76.1 Å². The molecule has 1 aliphatic heterocycles. The van der Waals surface area contributed by atoms with Crippen LogP contribution in [-0.4, -0.2) is 64.1 Å². The number of aryl methyl sites for hydroxylation is 2. The third kappa shape index (κ3) is 5.57. The molecule has 35 heavy (non-hydrogen) atoms. The van der Waals surface area contributed by atoms with Gasteiger partial charge in [0.2, 0.25) is 5.91 Å². The van der Waals surface area contributed by atoms with E-state index in [2.05, 4.69) is 29.2 Å². The molecule has 0 aliphatic carbocycles. The number of carbonyl (C=O) groups is 2. The summed E-state index contributed by atoms with van der Waals surface area (Å²) in [5, 5.41) is 8.19. The second-order valence-corrected chi connectivity index (χ2v) is 9.81. The number of piperazine rings is 1. The van der Waals surface area contributed by atoms with Crippen LogP contribution in [0.5, 0.6) is 0 Å². The predicted molar refractivity (Wildman–Crippen MR) is 140 cm³/mol. The van der Waals surface area contributed by atoms with Gasteiger partial charge in [0.1, 0.15) is 0 Å². The van der Waals surface area contributed by atoms with Crippen LogP contribution in [0.15, 0.2) is 48.7 Å². The normalized spacial score (nSPS) is 14.4. The van der Waals surface area contributed by atoms with E-state index < -0.39 is 0 Å². The van der Waals surface area contributed by atoms with E-state index in [9.17, 15) is 9.59 Å². The summed E-state index contributed by atoms with van der Waals surface area (Å²) in [5.74, 6) is 0.0407. The molecule has 2 amide bonds. The average Bonchev–Trinajstić information content (AvgIpc) is 3.27. The van der Waals surface area contributed by atoms with Crippen molar-refractivity contribution >= 4 is 29.1 Å². The molecule has 4 rings (SSSR count). The van der Waals surface area contributed by atoms with Gasteiger partial charge in [0, 0.05) is 36.9 Å². The van der Waals surface area contributed by atoms with Gasteiger partial charge in [-0.15, -0.1) is 0 Å². The Labute approximate surface area is 211 Å². The summed E-state index contributed by atoms with van der Waals surface area (Å²) < 4.78 is 1.80. The summed E-state index contributed by atoms with van der Waals surface area (Å²) >= 11 is 6.18. The Bertz CT molecular complexity index is 1210. The molecule has 0 bridgehead atoms. The summed E-state index contributed by atoms with van der Waals surface area (Å²) in [4.78, 5) is 30.0. The molecule has 8 heteroatoms. The first-order chi connectivity index (χ1) is 16.7. The van der Waals surface area contributed by atoms with Crippen LogP contribution in [0.2, 0.25) is 5.02 Å². The Morgan fingerprint density at radius 2 is 1.69 bits per heavy atom. The van der Waals surface area contributed by atoms with Crippen LogP contribution in [-0.2, 0) is 4.79 Å². The Balaban J connectivity index is 1.40. The number of anilines is 1. The minimum atomic E-state index is -0.0351. The van der Waals surface area contributed by atoms with E-state index in [1.54, 1.807) is 10.9 Å². The Kier molecular flexibility index (Phi) is 7.57. The van der Waals surface area contributed by atoms with Gasteiger partial charge in [-0.05, 0) is 49.1 Å². The fourth-order valence-electron chi connectivity index (χ4n) is 4.56. The van der Waals surface area contributed by atoms with Gasteiger partial charge in [0.15, 0.2) is 0 Å². The van der Waals surface area contributed by atoms with Crippen molar-refractivity contribution in [1.82, 2.24) is 19.6 Å². The summed E-state index contributed by atoms with van der Waals surface area (Å²) in [5.41, 5.74) is 5.29. The van der Waals surface area contributed by atoms with Gasteiger partial charge in [0.25, 0.3) is 5.91 Å². The average molecular weight is 494 g/mol. The molecule has 3 aromatic rings. The van der Waals surface area contributed by atoms with E-state index in [0.29, 0.717) is 43.3 Å². The van der Waals surface area contributed by atoms with Crippen molar-refractivity contribution in [3.63, 3.8) is 0 Å². The maximum absolute atomic E-state index is 13.4. The molecule has 2 aromatic carbocycles. The van der Waals surface area contributed by atoms with Gasteiger partial charge in [-0.1, -0.05) is 49.7 Å². The molecule has 184 valence electrons. The van der Waals surface area contributed by atoms with Crippen LogP contribution >= 0.6 is 11.6 Å². The predicted octanol–water partition coefficient (Wildman–Crippen LogP) is 4.66. The highest BCUT2D eigenvalue weighted by Gasteiger charge is 2.28. The zero-order chi connectivity index (χ0) is 25.1. The number of nitrogens with one attached hydrogen (secondary N) is 1. The molecule has 0 unspecified atom stereocenters. The maximum atomic E-state index is 13.4. The molecule has 1 N–H and O–H groups in total. The quantitative estimate of drug-likeness (QED) is 0.542. The highest BCUT2D eigenvalue weighted by Crippen LogP contribution is 2.26. The van der Waals surface area contributed by atoms with Crippen molar-refractivity contribution < 1.29 is 9.59 Å². The van der Waals surface area contributed by atoms with Crippen LogP contribution in [0.3, 0.4) is 0 Å². The summed E-state index contributed by atoms with van der Waals surface area (Å²) in [7, 11) is 0. The Hall–Kier alpha value is -3.16. The minimum Gasteiger partial charge on any atom is -0.336 e. The number of rotatable bonds is 6. The maximum Gasteiger partial charge on any atom is 0.257 e. The molecule has 1 saturated heterocycles. The molecule has 1 aliphatic rings. The number of aromatic nitrogens is 2. The third-order valence-electron chi connectivity index (χ3n) is 6.41. The summed E-state index contributed by atoms with van der Waals surface area (Å²) in [6, 6.07) is 13.4. The van der Waals surface area contributed by atoms with Crippen LogP contribution in [0.1, 0.15) is 46.9 Å². The standard InChI is InChI=1S/C27H32ClN5O2/c1-18(2)26-23(16-29-33(26)22-10-6-9-21(28)15-22)27(35)32-13-11-31(12-14-32)17-24(34)30-25-19(3)7-5-8-20(25)4/h5-10,15-16,18H,11-14,17H2,1-4H3,(H,30,34). The number of para-hydroxylation sites is 1. The number of hydrogen-bond acceptors (Lipinski definition) is 4. The molecule has 1 aromatic heterocycles. The molecule has 0 radical (unpaired) electrons. The lowest BCUT2D eigenvalue weighted by atomic mass is 10.0. The molecule has 0 atom stereocenters. The number of halogens is 1. The van der Waals surface area contributed by atoms with Crippen molar-refractivity contribution in [3.8, 4) is 5.69 Å². The monoisotopic (exact) mass is 493 g/mol. The van der Waals surface area contributed by atoms with E-state index >= 15 is 0 Å². The lowest BCUT2D eigenvalue weighted by molar-refractivity contribution is -0.117. The van der Waals surface area contributed by atoms with Crippen LogP contribution < -0.4 is 5.32 Å². The molecule has 2 heterocycles. The smallest absolute Gasteiger partial charge is 0.257 e. The lowest BCUT2D eigenvalue weighted by Gasteiger charge is -2.34. The van der Waals surface area contributed by atoms with Gasteiger partial charge in [-0.25, -0.2) is 4.68 Å². The fourth-order valence-corrected chi connectivity index (χ4v) is 4.75. The Morgan fingerprint density at radius 3 is 2.31 bits per heavy atom. The van der Waals surface area contributed by atoms with Crippen molar-refractivity contribution in [2.75, 3.05) is 38.0 Å². The van der Waals surface area contributed by atoms with Crippen LogP contribution in [0, 0.1) is 13.8 Å². The Morgan fingerprint density at radius 1 is 1.03 bits per heavy atom. The first-order valence-corrected chi connectivity index (χ1v) is 12.3. The van der Waals surface area contributed by atoms with E-state index in [1.165, 1.54) is 0 Å². The van der Waals surface area contributed by atoms with Gasteiger partial charge >= 0.3 is 0 Å². The fraction of sp³-hybridized carbons (Fsp3) is 0.370. The molecular formula is C27H32ClN5O2. The SMILES string of the molecule is Cc1cccc(C)c1NC(=O)CN1CCN(C(=O)c2cnn(-c3cccc(Cl)c3)c2C(C)C)CC1. The second-order valence-electron chi connectivity index (χ2n) is 9.37. The molecule has 0 saturated carbocycles. The highest BCUT2D eigenvalue weighted by molar-refractivity contribution is 6.30. The zero-order valence-corrected chi connectivity index (χ0v) is 21.5. The molecular weight excluding hydrogens is 462 g/mol. The number of amides is 2. The van der Waals surface area contributed by atoms with Gasteiger partial charge in [0.05, 0.1) is 29.7 Å². The van der Waals surface area contributed by atoms with Crippen LogP contribution in [0.4, 0.5) is 5.69 Å². The van der Waals surface area contributed by atoms with Gasteiger partial charge in [-0.2, -0.15) is 5.10 Å². The zero-order valence-electron chi connectivity index (χ0n) is 20.7. The first-order valence-electron chi connectivity index (χ1n) is 12.0. The molecule has 0 spiro atoms. The summed E-state index contributed by atoms with van der Waals surface area (Å²) in [6.45, 7) is 10.8. The number of nitrogens with zero attached hydrogens (tertiary/aromatic N) is 4. The third-order valence-corrected chi connectivity index (χ3v) is 6.64. The van der Waals surface area contributed by atoms with Crippen molar-refractivity contribution in [2.45, 2.75) is 33.6 Å². The van der Waals surface area contributed by atoms with E-state index in [4.69, 9.17) is 11.6 Å². The highest BCUT2D eigenvalue weighted by atomic mass is 35.5. The van der Waals surface area contributed by atoms with Gasteiger partial charge < -0.3 is 10.2 Å². The number of carbonyl (C=O) groups excluding carboxylic acids is 2. The van der Waals surface area contributed by atoms with E-state index in [0.717, 1.165) is 28.2 Å². The first kappa shape index (κ1) is 24.9. The number of hydrogen-bond donors (Lipinski definition) is 1.